The molecule has 0 spiro atoms. The van der Waals surface area contributed by atoms with Crippen LogP contribution in [0.3, 0.4) is 0 Å². The van der Waals surface area contributed by atoms with Gasteiger partial charge in [-0.3, -0.25) is 0 Å². The molecule has 0 aromatic heterocycles. The summed E-state index contributed by atoms with van der Waals surface area (Å²) >= 11 is 6.41. The zero-order chi connectivity index (χ0) is 14.5. The van der Waals surface area contributed by atoms with Crippen LogP contribution in [0, 0.1) is 0 Å². The summed E-state index contributed by atoms with van der Waals surface area (Å²) in [6.45, 7) is 4.35. The molecule has 0 radical (unpaired) electrons. The Morgan fingerprint density at radius 3 is 2.85 bits per heavy atom. The number of fused-ring (bicyclic) bond motifs is 1. The third-order valence-corrected chi connectivity index (χ3v) is 3.87. The maximum absolute atomic E-state index is 6.41. The Morgan fingerprint density at radius 1 is 1.40 bits per heavy atom. The summed E-state index contributed by atoms with van der Waals surface area (Å²) in [5, 5.41) is 4.22. The molecule has 0 bridgehead atoms. The van der Waals surface area contributed by atoms with Gasteiger partial charge in [-0.2, -0.15) is 0 Å². The summed E-state index contributed by atoms with van der Waals surface area (Å²) in [5.74, 6) is 1.42. The van der Waals surface area contributed by atoms with Crippen LogP contribution in [0.4, 0.5) is 0 Å². The van der Waals surface area contributed by atoms with E-state index < -0.39 is 0 Å². The van der Waals surface area contributed by atoms with Crippen molar-refractivity contribution in [2.45, 2.75) is 25.8 Å². The molecule has 1 N–H and O–H groups in total. The van der Waals surface area contributed by atoms with Crippen molar-refractivity contribution in [3.8, 4) is 11.5 Å². The SMILES string of the molecule is CCCNC1COCCc2c(Cl)cc(OC)c(OC)c21. The number of methoxy groups -OCH3 is 2. The molecule has 5 heteroatoms. The normalized spacial score (nSPS) is 18.3. The van der Waals surface area contributed by atoms with Crippen molar-refractivity contribution in [1.29, 1.82) is 0 Å². The predicted octanol–water partition coefficient (Wildman–Crippen LogP) is 2.97. The van der Waals surface area contributed by atoms with Gasteiger partial charge >= 0.3 is 0 Å². The van der Waals surface area contributed by atoms with Gasteiger partial charge in [-0.1, -0.05) is 18.5 Å². The molecule has 20 heavy (non-hydrogen) atoms. The molecule has 1 heterocycles. The first-order valence-corrected chi connectivity index (χ1v) is 7.35. The molecule has 1 atom stereocenters. The minimum absolute atomic E-state index is 0.0787. The Labute approximate surface area is 125 Å². The number of rotatable bonds is 5. The smallest absolute Gasteiger partial charge is 0.165 e. The molecule has 1 aliphatic rings. The third kappa shape index (κ3) is 3.03. The first-order chi connectivity index (χ1) is 9.72. The molecule has 1 aliphatic heterocycles. The van der Waals surface area contributed by atoms with Gasteiger partial charge in [0.05, 0.1) is 33.5 Å². The molecule has 1 aromatic carbocycles. The Balaban J connectivity index is 2.52. The van der Waals surface area contributed by atoms with Crippen LogP contribution in [0.25, 0.3) is 0 Å². The highest BCUT2D eigenvalue weighted by atomic mass is 35.5. The van der Waals surface area contributed by atoms with Crippen LogP contribution in [-0.2, 0) is 11.2 Å². The van der Waals surface area contributed by atoms with Gasteiger partial charge in [0, 0.05) is 16.7 Å². The van der Waals surface area contributed by atoms with E-state index in [1.807, 2.05) is 6.07 Å². The summed E-state index contributed by atoms with van der Waals surface area (Å²) in [5.41, 5.74) is 2.17. The number of halogens is 1. The van der Waals surface area contributed by atoms with Gasteiger partial charge in [0.25, 0.3) is 0 Å². The van der Waals surface area contributed by atoms with E-state index in [1.54, 1.807) is 14.2 Å². The van der Waals surface area contributed by atoms with Gasteiger partial charge in [0.1, 0.15) is 0 Å². The highest BCUT2D eigenvalue weighted by molar-refractivity contribution is 6.31. The van der Waals surface area contributed by atoms with Crippen LogP contribution in [0.2, 0.25) is 5.02 Å². The minimum atomic E-state index is 0.0787. The average molecular weight is 300 g/mol. The largest absolute Gasteiger partial charge is 0.493 e. The molecule has 0 saturated carbocycles. The molecule has 4 nitrogen and oxygen atoms in total. The van der Waals surface area contributed by atoms with Crippen molar-refractivity contribution in [2.24, 2.45) is 0 Å². The molecule has 0 saturated heterocycles. The Bertz CT molecular complexity index is 465. The molecule has 0 amide bonds. The molecule has 1 aromatic rings. The Morgan fingerprint density at radius 2 is 2.20 bits per heavy atom. The van der Waals surface area contributed by atoms with Crippen LogP contribution < -0.4 is 14.8 Å². The van der Waals surface area contributed by atoms with Crippen molar-refractivity contribution >= 4 is 11.6 Å². The first kappa shape index (κ1) is 15.4. The van der Waals surface area contributed by atoms with E-state index in [0.29, 0.717) is 24.0 Å². The monoisotopic (exact) mass is 299 g/mol. The molecule has 112 valence electrons. The van der Waals surface area contributed by atoms with Gasteiger partial charge in [0.2, 0.25) is 0 Å². The van der Waals surface area contributed by atoms with Crippen molar-refractivity contribution in [1.82, 2.24) is 5.32 Å². The fourth-order valence-corrected chi connectivity index (χ4v) is 2.88. The van der Waals surface area contributed by atoms with E-state index >= 15 is 0 Å². The van der Waals surface area contributed by atoms with E-state index in [9.17, 15) is 0 Å². The second-order valence-electron chi connectivity index (χ2n) is 4.82. The molecule has 2 rings (SSSR count). The summed E-state index contributed by atoms with van der Waals surface area (Å²) < 4.78 is 16.7. The van der Waals surface area contributed by atoms with Crippen molar-refractivity contribution in [3.63, 3.8) is 0 Å². The highest BCUT2D eigenvalue weighted by Gasteiger charge is 2.27. The maximum Gasteiger partial charge on any atom is 0.165 e. The van der Waals surface area contributed by atoms with E-state index in [-0.39, 0.29) is 6.04 Å². The zero-order valence-electron chi connectivity index (χ0n) is 12.3. The molecule has 0 fully saturated rings. The lowest BCUT2D eigenvalue weighted by atomic mass is 9.97. The number of hydrogen-bond donors (Lipinski definition) is 1. The Kier molecular flexibility index (Phi) is 5.52. The summed E-state index contributed by atoms with van der Waals surface area (Å²) in [6, 6.07) is 1.90. The van der Waals surface area contributed by atoms with Gasteiger partial charge in [-0.15, -0.1) is 0 Å². The van der Waals surface area contributed by atoms with Crippen LogP contribution in [0.5, 0.6) is 11.5 Å². The van der Waals surface area contributed by atoms with E-state index in [1.165, 1.54) is 0 Å². The standard InChI is InChI=1S/C15H22ClNO3/c1-4-6-17-12-9-20-7-5-10-11(16)8-13(18-2)15(19-3)14(10)12/h8,12,17H,4-7,9H2,1-3H3. The predicted molar refractivity (Wildman–Crippen MR) is 80.1 cm³/mol. The second kappa shape index (κ2) is 7.16. The maximum atomic E-state index is 6.41. The van der Waals surface area contributed by atoms with Gasteiger partial charge in [0.15, 0.2) is 11.5 Å². The summed E-state index contributed by atoms with van der Waals surface area (Å²) in [7, 11) is 3.29. The van der Waals surface area contributed by atoms with E-state index in [2.05, 4.69) is 12.2 Å². The first-order valence-electron chi connectivity index (χ1n) is 6.97. The number of nitrogens with one attached hydrogen (secondary N) is 1. The van der Waals surface area contributed by atoms with Gasteiger partial charge < -0.3 is 19.5 Å². The third-order valence-electron chi connectivity index (χ3n) is 3.53. The lowest BCUT2D eigenvalue weighted by Crippen LogP contribution is -2.26. The van der Waals surface area contributed by atoms with Crippen LogP contribution >= 0.6 is 11.6 Å². The summed E-state index contributed by atoms with van der Waals surface area (Å²) in [6.07, 6.45) is 1.85. The van der Waals surface area contributed by atoms with Gasteiger partial charge in [-0.25, -0.2) is 0 Å². The van der Waals surface area contributed by atoms with Crippen LogP contribution in [0.15, 0.2) is 6.07 Å². The summed E-state index contributed by atoms with van der Waals surface area (Å²) in [4.78, 5) is 0. The quantitative estimate of drug-likeness (QED) is 0.907. The molecular formula is C15H22ClNO3. The fraction of sp³-hybridized carbons (Fsp3) is 0.600. The fourth-order valence-electron chi connectivity index (χ4n) is 2.59. The number of ether oxygens (including phenoxy) is 3. The van der Waals surface area contributed by atoms with Gasteiger partial charge in [-0.05, 0) is 24.9 Å². The van der Waals surface area contributed by atoms with Crippen molar-refractivity contribution in [2.75, 3.05) is 34.0 Å². The number of hydrogen-bond acceptors (Lipinski definition) is 4. The average Bonchev–Trinajstić information content (AvgIpc) is 2.68. The number of benzene rings is 1. The zero-order valence-corrected chi connectivity index (χ0v) is 13.0. The second-order valence-corrected chi connectivity index (χ2v) is 5.22. The van der Waals surface area contributed by atoms with E-state index in [0.717, 1.165) is 36.3 Å². The van der Waals surface area contributed by atoms with Crippen molar-refractivity contribution in [3.05, 3.63) is 22.2 Å². The topological polar surface area (TPSA) is 39.7 Å². The van der Waals surface area contributed by atoms with Crippen molar-refractivity contribution < 1.29 is 14.2 Å². The molecule has 0 aliphatic carbocycles. The highest BCUT2D eigenvalue weighted by Crippen LogP contribution is 2.42. The van der Waals surface area contributed by atoms with Crippen LogP contribution in [0.1, 0.15) is 30.5 Å². The lowest BCUT2D eigenvalue weighted by Gasteiger charge is -2.23. The molecule has 1 unspecified atom stereocenters. The van der Waals surface area contributed by atoms with E-state index in [4.69, 9.17) is 25.8 Å². The molecular weight excluding hydrogens is 278 g/mol. The van der Waals surface area contributed by atoms with Crippen LogP contribution in [-0.4, -0.2) is 34.0 Å². The minimum Gasteiger partial charge on any atom is -0.493 e. The Hall–Kier alpha value is -0.970. The lowest BCUT2D eigenvalue weighted by molar-refractivity contribution is 0.121.